The van der Waals surface area contributed by atoms with E-state index in [4.69, 9.17) is 5.11 Å². The molecule has 0 saturated carbocycles. The zero-order chi connectivity index (χ0) is 12.3. The van der Waals surface area contributed by atoms with Crippen LogP contribution < -0.4 is 0 Å². The molecular weight excluding hydrogens is 217 g/mol. The van der Waals surface area contributed by atoms with Gasteiger partial charge in [-0.25, -0.2) is 0 Å². The number of alkyl halides is 3. The zero-order valence-electron chi connectivity index (χ0n) is 9.30. The highest BCUT2D eigenvalue weighted by Crippen LogP contribution is 2.37. The lowest BCUT2D eigenvalue weighted by atomic mass is 9.91. The number of hydrogen-bond donors (Lipinski definition) is 1. The predicted molar refractivity (Wildman–Crippen MR) is 56.3 cm³/mol. The van der Waals surface area contributed by atoms with Crippen molar-refractivity contribution >= 4 is 0 Å². The second-order valence-electron chi connectivity index (χ2n) is 3.82. The van der Waals surface area contributed by atoms with Crippen LogP contribution in [-0.4, -0.2) is 11.7 Å². The van der Waals surface area contributed by atoms with Gasteiger partial charge >= 0.3 is 6.18 Å². The van der Waals surface area contributed by atoms with E-state index in [0.717, 1.165) is 0 Å². The summed E-state index contributed by atoms with van der Waals surface area (Å²) in [6.45, 7) is 3.00. The third-order valence-corrected chi connectivity index (χ3v) is 2.65. The van der Waals surface area contributed by atoms with Gasteiger partial charge in [-0.15, -0.1) is 0 Å². The van der Waals surface area contributed by atoms with Crippen molar-refractivity contribution in [2.45, 2.75) is 32.4 Å². The Morgan fingerprint density at radius 1 is 1.31 bits per heavy atom. The molecule has 0 saturated heterocycles. The highest BCUT2D eigenvalue weighted by molar-refractivity contribution is 5.39. The molecule has 1 aromatic carbocycles. The Morgan fingerprint density at radius 3 is 2.38 bits per heavy atom. The Labute approximate surface area is 92.9 Å². The third kappa shape index (κ3) is 2.55. The lowest BCUT2D eigenvalue weighted by Gasteiger charge is -2.19. The molecule has 1 atom stereocenters. The number of aliphatic hydroxyl groups excluding tert-OH is 1. The fraction of sp³-hybridized carbons (Fsp3) is 0.500. The van der Waals surface area contributed by atoms with Crippen LogP contribution >= 0.6 is 0 Å². The van der Waals surface area contributed by atoms with Crippen molar-refractivity contribution in [1.82, 2.24) is 0 Å². The molecule has 0 fully saturated rings. The van der Waals surface area contributed by atoms with Gasteiger partial charge in [0.1, 0.15) is 0 Å². The van der Waals surface area contributed by atoms with Gasteiger partial charge in [0.15, 0.2) is 0 Å². The van der Waals surface area contributed by atoms with Crippen LogP contribution in [0, 0.1) is 0 Å². The van der Waals surface area contributed by atoms with E-state index in [9.17, 15) is 13.2 Å². The highest BCUT2D eigenvalue weighted by atomic mass is 19.4. The molecule has 0 amide bonds. The Bertz CT molecular complexity index is 358. The van der Waals surface area contributed by atoms with Gasteiger partial charge in [-0.1, -0.05) is 32.0 Å². The van der Waals surface area contributed by atoms with Gasteiger partial charge in [0.2, 0.25) is 0 Å². The molecule has 4 heteroatoms. The van der Waals surface area contributed by atoms with E-state index in [1.54, 1.807) is 19.9 Å². The molecule has 1 aromatic rings. The molecule has 1 rings (SSSR count). The Hall–Kier alpha value is -1.03. The summed E-state index contributed by atoms with van der Waals surface area (Å²) in [7, 11) is 0. The van der Waals surface area contributed by atoms with Crippen molar-refractivity contribution in [1.29, 1.82) is 0 Å². The average Bonchev–Trinajstić information content (AvgIpc) is 2.25. The number of halogens is 3. The van der Waals surface area contributed by atoms with Crippen molar-refractivity contribution in [3.8, 4) is 0 Å². The SMILES string of the molecule is CCc1cccc(C(C)CO)c1C(F)(F)F. The van der Waals surface area contributed by atoms with Crippen LogP contribution in [0.2, 0.25) is 0 Å². The van der Waals surface area contributed by atoms with Gasteiger partial charge in [-0.2, -0.15) is 13.2 Å². The quantitative estimate of drug-likeness (QED) is 0.847. The van der Waals surface area contributed by atoms with Crippen LogP contribution in [0.3, 0.4) is 0 Å². The number of rotatable bonds is 3. The molecule has 0 heterocycles. The lowest BCUT2D eigenvalue weighted by molar-refractivity contribution is -0.139. The van der Waals surface area contributed by atoms with Crippen LogP contribution in [0.5, 0.6) is 0 Å². The molecular formula is C12H15F3O. The first-order chi connectivity index (χ1) is 7.41. The Balaban J connectivity index is 3.38. The van der Waals surface area contributed by atoms with Crippen molar-refractivity contribution < 1.29 is 18.3 Å². The predicted octanol–water partition coefficient (Wildman–Crippen LogP) is 3.36. The molecule has 0 aliphatic rings. The van der Waals surface area contributed by atoms with Gasteiger partial charge in [0.05, 0.1) is 5.56 Å². The number of aryl methyl sites for hydroxylation is 1. The van der Waals surface area contributed by atoms with Gasteiger partial charge < -0.3 is 5.11 Å². The van der Waals surface area contributed by atoms with E-state index in [-0.39, 0.29) is 17.7 Å². The molecule has 0 spiro atoms. The molecule has 16 heavy (non-hydrogen) atoms. The molecule has 0 radical (unpaired) electrons. The van der Waals surface area contributed by atoms with E-state index in [2.05, 4.69) is 0 Å². The van der Waals surface area contributed by atoms with Gasteiger partial charge in [0.25, 0.3) is 0 Å². The fourth-order valence-corrected chi connectivity index (χ4v) is 1.77. The van der Waals surface area contributed by atoms with E-state index in [1.807, 2.05) is 0 Å². The number of hydrogen-bond acceptors (Lipinski definition) is 1. The van der Waals surface area contributed by atoms with Crippen LogP contribution in [-0.2, 0) is 12.6 Å². The fourth-order valence-electron chi connectivity index (χ4n) is 1.77. The summed E-state index contributed by atoms with van der Waals surface area (Å²) in [6, 6.07) is 4.52. The lowest BCUT2D eigenvalue weighted by Crippen LogP contribution is -2.15. The van der Waals surface area contributed by atoms with Gasteiger partial charge in [-0.3, -0.25) is 0 Å². The maximum atomic E-state index is 12.9. The summed E-state index contributed by atoms with van der Waals surface area (Å²) in [5, 5.41) is 8.97. The summed E-state index contributed by atoms with van der Waals surface area (Å²) in [5.41, 5.74) is -0.126. The first-order valence-corrected chi connectivity index (χ1v) is 5.21. The van der Waals surface area contributed by atoms with Crippen molar-refractivity contribution in [2.75, 3.05) is 6.61 Å². The third-order valence-electron chi connectivity index (χ3n) is 2.65. The van der Waals surface area contributed by atoms with Crippen LogP contribution in [0.4, 0.5) is 13.2 Å². The minimum atomic E-state index is -4.36. The molecule has 90 valence electrons. The summed E-state index contributed by atoms with van der Waals surface area (Å²) in [4.78, 5) is 0. The largest absolute Gasteiger partial charge is 0.416 e. The van der Waals surface area contributed by atoms with Crippen LogP contribution in [0.25, 0.3) is 0 Å². The average molecular weight is 232 g/mol. The second-order valence-corrected chi connectivity index (χ2v) is 3.82. The smallest absolute Gasteiger partial charge is 0.396 e. The number of aliphatic hydroxyl groups is 1. The Kier molecular flexibility index (Phi) is 3.97. The molecule has 0 aliphatic carbocycles. The van der Waals surface area contributed by atoms with Crippen molar-refractivity contribution in [2.24, 2.45) is 0 Å². The molecule has 0 bridgehead atoms. The van der Waals surface area contributed by atoms with Crippen molar-refractivity contribution in [3.63, 3.8) is 0 Å². The second kappa shape index (κ2) is 4.87. The van der Waals surface area contributed by atoms with E-state index >= 15 is 0 Å². The number of benzene rings is 1. The van der Waals surface area contributed by atoms with Crippen molar-refractivity contribution in [3.05, 3.63) is 34.9 Å². The standard InChI is InChI=1S/C12H15F3O/c1-3-9-5-4-6-10(8(2)7-16)11(9)12(13,14)15/h4-6,8,16H,3,7H2,1-2H3. The van der Waals surface area contributed by atoms with Crippen LogP contribution in [0.1, 0.15) is 36.5 Å². The molecule has 1 N–H and O–H groups in total. The topological polar surface area (TPSA) is 20.2 Å². The van der Waals surface area contributed by atoms with Gasteiger partial charge in [-0.05, 0) is 17.5 Å². The molecule has 0 aromatic heterocycles. The first-order valence-electron chi connectivity index (χ1n) is 5.21. The van der Waals surface area contributed by atoms with Gasteiger partial charge in [0, 0.05) is 12.5 Å². The van der Waals surface area contributed by atoms with Crippen LogP contribution in [0.15, 0.2) is 18.2 Å². The molecule has 1 nitrogen and oxygen atoms in total. The Morgan fingerprint density at radius 2 is 1.94 bits per heavy atom. The zero-order valence-corrected chi connectivity index (χ0v) is 9.30. The summed E-state index contributed by atoms with van der Waals surface area (Å²) in [5.74, 6) is -0.497. The summed E-state index contributed by atoms with van der Waals surface area (Å²) < 4.78 is 38.7. The highest BCUT2D eigenvalue weighted by Gasteiger charge is 2.36. The van der Waals surface area contributed by atoms with E-state index in [1.165, 1.54) is 12.1 Å². The minimum absolute atomic E-state index is 0.175. The maximum Gasteiger partial charge on any atom is 0.416 e. The molecule has 1 unspecified atom stereocenters. The summed E-state index contributed by atoms with van der Waals surface area (Å²) in [6.07, 6.45) is -4.02. The summed E-state index contributed by atoms with van der Waals surface area (Å²) >= 11 is 0. The first kappa shape index (κ1) is 13.0. The molecule has 0 aliphatic heterocycles. The normalized spacial score (nSPS) is 13.9. The van der Waals surface area contributed by atoms with E-state index in [0.29, 0.717) is 6.42 Å². The monoisotopic (exact) mass is 232 g/mol. The minimum Gasteiger partial charge on any atom is -0.396 e. The van der Waals surface area contributed by atoms with E-state index < -0.39 is 17.7 Å². The maximum absolute atomic E-state index is 12.9.